The van der Waals surface area contributed by atoms with E-state index in [2.05, 4.69) is 18.7 Å². The number of likely N-dealkylation sites (N-methyl/N-ethyl adjacent to an activating group) is 1. The lowest BCUT2D eigenvalue weighted by Gasteiger charge is -2.37. The Morgan fingerprint density at radius 1 is 0.955 bits per heavy atom. The summed E-state index contributed by atoms with van der Waals surface area (Å²) in [6.07, 6.45) is 1.17. The lowest BCUT2D eigenvalue weighted by molar-refractivity contribution is -0.136. The summed E-state index contributed by atoms with van der Waals surface area (Å²) < 4.78 is 0. The van der Waals surface area contributed by atoms with Crippen molar-refractivity contribution in [2.45, 2.75) is 20.3 Å². The fraction of sp³-hybridized carbons (Fsp3) is 0.444. The third-order valence-electron chi connectivity index (χ3n) is 4.51. The van der Waals surface area contributed by atoms with Gasteiger partial charge >= 0.3 is 0 Å². The molecule has 2 unspecified atom stereocenters. The van der Waals surface area contributed by atoms with E-state index in [9.17, 15) is 9.59 Å². The molecule has 0 radical (unpaired) electrons. The van der Waals surface area contributed by atoms with Crippen LogP contribution in [0.15, 0.2) is 36.0 Å². The van der Waals surface area contributed by atoms with Crippen molar-refractivity contribution in [2.24, 2.45) is 11.8 Å². The van der Waals surface area contributed by atoms with Crippen LogP contribution in [-0.2, 0) is 9.59 Å². The van der Waals surface area contributed by atoms with Crippen molar-refractivity contribution < 1.29 is 9.59 Å². The molecule has 2 heterocycles. The molecule has 22 heavy (non-hydrogen) atoms. The lowest BCUT2D eigenvalue weighted by atomic mass is 9.91. The predicted octanol–water partition coefficient (Wildman–Crippen LogP) is 2.37. The third kappa shape index (κ3) is 2.43. The molecule has 4 nitrogen and oxygen atoms in total. The minimum absolute atomic E-state index is 0.176. The van der Waals surface area contributed by atoms with Gasteiger partial charge in [0.1, 0.15) is 5.70 Å². The van der Waals surface area contributed by atoms with Crippen LogP contribution in [0.4, 0.5) is 0 Å². The van der Waals surface area contributed by atoms with Crippen molar-refractivity contribution in [3.05, 3.63) is 41.6 Å². The highest BCUT2D eigenvalue weighted by Crippen LogP contribution is 2.34. The Morgan fingerprint density at radius 3 is 2.14 bits per heavy atom. The van der Waals surface area contributed by atoms with Gasteiger partial charge in [0, 0.05) is 20.1 Å². The minimum Gasteiger partial charge on any atom is -0.366 e. The maximum absolute atomic E-state index is 12.6. The molecular weight excluding hydrogens is 276 g/mol. The summed E-state index contributed by atoms with van der Waals surface area (Å²) in [7, 11) is 1.57. The van der Waals surface area contributed by atoms with Crippen LogP contribution in [0.3, 0.4) is 0 Å². The molecule has 1 fully saturated rings. The molecule has 116 valence electrons. The topological polar surface area (TPSA) is 40.6 Å². The number of hydrogen-bond acceptors (Lipinski definition) is 3. The van der Waals surface area contributed by atoms with Gasteiger partial charge in [0.05, 0.1) is 5.57 Å². The summed E-state index contributed by atoms with van der Waals surface area (Å²) >= 11 is 0. The second kappa shape index (κ2) is 5.59. The predicted molar refractivity (Wildman–Crippen MR) is 85.7 cm³/mol. The van der Waals surface area contributed by atoms with Gasteiger partial charge in [-0.15, -0.1) is 0 Å². The van der Waals surface area contributed by atoms with Crippen LogP contribution >= 0.6 is 0 Å². The molecule has 2 atom stereocenters. The number of piperidine rings is 1. The fourth-order valence-corrected chi connectivity index (χ4v) is 3.63. The standard InChI is InChI=1S/C18H22N2O2/c1-12-9-13(2)11-20(10-12)16-15(14-7-5-4-6-8-14)17(21)19(3)18(16)22/h4-8,12-13H,9-11H2,1-3H3. The Kier molecular flexibility index (Phi) is 3.77. The van der Waals surface area contributed by atoms with Crippen LogP contribution in [0.1, 0.15) is 25.8 Å². The normalized spacial score (nSPS) is 26.1. The quantitative estimate of drug-likeness (QED) is 0.787. The van der Waals surface area contributed by atoms with Crippen molar-refractivity contribution in [3.8, 4) is 0 Å². The first kappa shape index (κ1) is 14.8. The molecule has 0 N–H and O–H groups in total. The highest BCUT2D eigenvalue weighted by Gasteiger charge is 2.40. The number of carbonyl (C=O) groups excluding carboxylic acids is 2. The van der Waals surface area contributed by atoms with E-state index in [-0.39, 0.29) is 11.8 Å². The van der Waals surface area contributed by atoms with Gasteiger partial charge < -0.3 is 4.90 Å². The van der Waals surface area contributed by atoms with Gasteiger partial charge in [0.25, 0.3) is 11.8 Å². The van der Waals surface area contributed by atoms with E-state index < -0.39 is 0 Å². The summed E-state index contributed by atoms with van der Waals surface area (Å²) in [6.45, 7) is 6.08. The van der Waals surface area contributed by atoms with Crippen LogP contribution in [0.2, 0.25) is 0 Å². The lowest BCUT2D eigenvalue weighted by Crippen LogP contribution is -2.41. The van der Waals surface area contributed by atoms with Gasteiger partial charge in [-0.25, -0.2) is 0 Å². The first-order valence-electron chi connectivity index (χ1n) is 7.86. The van der Waals surface area contributed by atoms with E-state index in [0.717, 1.165) is 18.7 Å². The number of carbonyl (C=O) groups is 2. The first-order valence-corrected chi connectivity index (χ1v) is 7.86. The maximum Gasteiger partial charge on any atom is 0.277 e. The van der Waals surface area contributed by atoms with Gasteiger partial charge in [-0.2, -0.15) is 0 Å². The molecular formula is C18H22N2O2. The van der Waals surface area contributed by atoms with E-state index >= 15 is 0 Å². The Bertz CT molecular complexity index is 626. The van der Waals surface area contributed by atoms with Crippen molar-refractivity contribution in [2.75, 3.05) is 20.1 Å². The van der Waals surface area contributed by atoms with Crippen molar-refractivity contribution in [3.63, 3.8) is 0 Å². The molecule has 3 rings (SSSR count). The van der Waals surface area contributed by atoms with Gasteiger partial charge in [-0.05, 0) is 23.8 Å². The zero-order valence-corrected chi connectivity index (χ0v) is 13.4. The number of hydrogen-bond donors (Lipinski definition) is 0. The molecule has 0 bridgehead atoms. The van der Waals surface area contributed by atoms with Gasteiger partial charge in [0.15, 0.2) is 0 Å². The molecule has 0 aromatic heterocycles. The van der Waals surface area contributed by atoms with Gasteiger partial charge in [-0.3, -0.25) is 14.5 Å². The number of rotatable bonds is 2. The van der Waals surface area contributed by atoms with Gasteiger partial charge in [0.2, 0.25) is 0 Å². The SMILES string of the molecule is CC1CC(C)CN(C2=C(c3ccccc3)C(=O)N(C)C2=O)C1. The molecule has 1 saturated heterocycles. The highest BCUT2D eigenvalue weighted by atomic mass is 16.2. The molecule has 0 spiro atoms. The number of likely N-dealkylation sites (tertiary alicyclic amines) is 1. The average molecular weight is 298 g/mol. The molecule has 1 aromatic rings. The largest absolute Gasteiger partial charge is 0.366 e. The molecule has 4 heteroatoms. The maximum atomic E-state index is 12.6. The van der Waals surface area contributed by atoms with Crippen LogP contribution in [-0.4, -0.2) is 41.8 Å². The van der Waals surface area contributed by atoms with E-state index in [1.54, 1.807) is 7.05 Å². The number of nitrogens with zero attached hydrogens (tertiary/aromatic N) is 2. The third-order valence-corrected chi connectivity index (χ3v) is 4.51. The first-order chi connectivity index (χ1) is 10.5. The zero-order valence-electron chi connectivity index (χ0n) is 13.4. The Balaban J connectivity index is 2.08. The number of imide groups is 1. The minimum atomic E-state index is -0.197. The summed E-state index contributed by atoms with van der Waals surface area (Å²) in [5, 5.41) is 0. The molecule has 2 amide bonds. The molecule has 2 aliphatic heterocycles. The van der Waals surface area contributed by atoms with E-state index in [4.69, 9.17) is 0 Å². The summed E-state index contributed by atoms with van der Waals surface area (Å²) in [4.78, 5) is 28.5. The van der Waals surface area contributed by atoms with Crippen LogP contribution in [0, 0.1) is 11.8 Å². The Hall–Kier alpha value is -2.10. The molecule has 0 saturated carbocycles. The van der Waals surface area contributed by atoms with Crippen molar-refractivity contribution >= 4 is 17.4 Å². The Morgan fingerprint density at radius 2 is 1.55 bits per heavy atom. The highest BCUT2D eigenvalue weighted by molar-refractivity contribution is 6.35. The van der Waals surface area contributed by atoms with Gasteiger partial charge in [-0.1, -0.05) is 44.2 Å². The van der Waals surface area contributed by atoms with Crippen molar-refractivity contribution in [1.82, 2.24) is 9.80 Å². The monoisotopic (exact) mass is 298 g/mol. The summed E-state index contributed by atoms with van der Waals surface area (Å²) in [6, 6.07) is 9.52. The second-order valence-electron chi connectivity index (χ2n) is 6.61. The van der Waals surface area contributed by atoms with Crippen LogP contribution in [0.25, 0.3) is 5.57 Å². The van der Waals surface area contributed by atoms with E-state index in [1.807, 2.05) is 30.3 Å². The number of benzene rings is 1. The number of amides is 2. The smallest absolute Gasteiger partial charge is 0.277 e. The molecule has 2 aliphatic rings. The van der Waals surface area contributed by atoms with Crippen molar-refractivity contribution in [1.29, 1.82) is 0 Å². The summed E-state index contributed by atoms with van der Waals surface area (Å²) in [5.41, 5.74) is 1.96. The Labute approximate surface area is 131 Å². The molecule has 1 aromatic carbocycles. The van der Waals surface area contributed by atoms with Crippen LogP contribution in [0.5, 0.6) is 0 Å². The van der Waals surface area contributed by atoms with E-state index in [1.165, 1.54) is 11.3 Å². The van der Waals surface area contributed by atoms with E-state index in [0.29, 0.717) is 23.1 Å². The van der Waals surface area contributed by atoms with Crippen LogP contribution < -0.4 is 0 Å². The fourth-order valence-electron chi connectivity index (χ4n) is 3.63. The zero-order chi connectivity index (χ0) is 15.9. The molecule has 0 aliphatic carbocycles. The second-order valence-corrected chi connectivity index (χ2v) is 6.61. The average Bonchev–Trinajstić information content (AvgIpc) is 2.71. The summed E-state index contributed by atoms with van der Waals surface area (Å²) in [5.74, 6) is 0.686.